The first-order valence-electron chi connectivity index (χ1n) is 9.39. The van der Waals surface area contributed by atoms with Gasteiger partial charge in [-0.3, -0.25) is 15.8 Å². The van der Waals surface area contributed by atoms with Crippen molar-refractivity contribution in [2.45, 2.75) is 46.5 Å². The summed E-state index contributed by atoms with van der Waals surface area (Å²) in [4.78, 5) is 4.12. The van der Waals surface area contributed by atoms with E-state index in [1.54, 1.807) is 6.92 Å². The van der Waals surface area contributed by atoms with Crippen LogP contribution in [0.3, 0.4) is 0 Å². The van der Waals surface area contributed by atoms with Crippen LogP contribution >= 0.6 is 0 Å². The highest BCUT2D eigenvalue weighted by molar-refractivity contribution is 6.00. The molecule has 10 N–H and O–H groups in total. The molecule has 0 radical (unpaired) electrons. The van der Waals surface area contributed by atoms with E-state index >= 15 is 0 Å². The number of hydrogen-bond donors (Lipinski definition) is 7. The summed E-state index contributed by atoms with van der Waals surface area (Å²) in [5, 5.41) is 24.1. The number of ether oxygens (including phenoxy) is 2. The topological polar surface area (TPSA) is 192 Å². The summed E-state index contributed by atoms with van der Waals surface area (Å²) in [7, 11) is 4.70. The standard InChI is InChI=1S/C8H18N4.C5H10N2O2.C3H10N2.C2H6/c1-7(9)6-8(10)12-5-3-4-11-2;1-8-4(6)3-5(7)9-2;4-2-1-3-5;1-2/h9,11H,3-6H2,1-2H3,(H2,10,12);6-7H,3H2,1-2H3;1-5H2;1-2H3. The molecule has 0 atom stereocenters. The summed E-state index contributed by atoms with van der Waals surface area (Å²) in [5.41, 5.74) is 16.2. The Morgan fingerprint density at radius 3 is 1.68 bits per heavy atom. The third kappa shape index (κ3) is 39.2. The molecule has 28 heavy (non-hydrogen) atoms. The van der Waals surface area contributed by atoms with Gasteiger partial charge in [0.1, 0.15) is 0 Å². The fourth-order valence-electron chi connectivity index (χ4n) is 1.21. The number of nitrogens with one attached hydrogen (secondary N) is 4. The summed E-state index contributed by atoms with van der Waals surface area (Å²) in [5.74, 6) is 0.655. The van der Waals surface area contributed by atoms with Crippen molar-refractivity contribution in [2.24, 2.45) is 22.2 Å². The minimum Gasteiger partial charge on any atom is -0.484 e. The van der Waals surface area contributed by atoms with E-state index in [2.05, 4.69) is 19.8 Å². The van der Waals surface area contributed by atoms with Gasteiger partial charge in [0.15, 0.2) is 11.8 Å². The van der Waals surface area contributed by atoms with Crippen molar-refractivity contribution < 1.29 is 9.47 Å². The molecular weight excluding hydrogens is 360 g/mol. The lowest BCUT2D eigenvalue weighted by Crippen LogP contribution is -2.16. The van der Waals surface area contributed by atoms with Gasteiger partial charge >= 0.3 is 0 Å². The van der Waals surface area contributed by atoms with Crippen molar-refractivity contribution in [3.05, 3.63) is 0 Å². The molecule has 168 valence electrons. The molecule has 0 aromatic rings. The summed E-state index contributed by atoms with van der Waals surface area (Å²) in [6.45, 7) is 8.88. The summed E-state index contributed by atoms with van der Waals surface area (Å²) >= 11 is 0. The van der Waals surface area contributed by atoms with Crippen molar-refractivity contribution in [1.82, 2.24) is 5.32 Å². The molecule has 0 aliphatic carbocycles. The molecule has 10 nitrogen and oxygen atoms in total. The van der Waals surface area contributed by atoms with Crippen LogP contribution in [0.4, 0.5) is 0 Å². The average molecular weight is 405 g/mol. The fraction of sp³-hybridized carbons (Fsp3) is 0.778. The van der Waals surface area contributed by atoms with Gasteiger partial charge in [-0.25, -0.2) is 0 Å². The molecule has 0 aromatic heterocycles. The van der Waals surface area contributed by atoms with Crippen LogP contribution in [0.15, 0.2) is 4.99 Å². The zero-order valence-corrected chi connectivity index (χ0v) is 18.7. The molecule has 0 saturated heterocycles. The van der Waals surface area contributed by atoms with Crippen LogP contribution in [0.5, 0.6) is 0 Å². The van der Waals surface area contributed by atoms with Crippen molar-refractivity contribution in [3.63, 3.8) is 0 Å². The Hall–Kier alpha value is -2.04. The van der Waals surface area contributed by atoms with Gasteiger partial charge in [0.2, 0.25) is 0 Å². The smallest absolute Gasteiger partial charge is 0.189 e. The number of nitrogens with two attached hydrogens (primary N) is 3. The number of amidine groups is 1. The SMILES string of the molecule is CC.CNCCCN=C(N)CC(C)=N.COC(=N)CC(=N)OC.NCCCN. The number of methoxy groups -OCH3 is 2. The van der Waals surface area contributed by atoms with E-state index in [0.717, 1.165) is 39.0 Å². The van der Waals surface area contributed by atoms with Gasteiger partial charge < -0.3 is 37.4 Å². The largest absolute Gasteiger partial charge is 0.484 e. The third-order valence-electron chi connectivity index (χ3n) is 2.57. The van der Waals surface area contributed by atoms with E-state index in [1.807, 2.05) is 20.9 Å². The Morgan fingerprint density at radius 2 is 1.39 bits per heavy atom. The lowest BCUT2D eigenvalue weighted by molar-refractivity contribution is 0.368. The van der Waals surface area contributed by atoms with Crippen LogP contribution in [0.2, 0.25) is 0 Å². The van der Waals surface area contributed by atoms with Crippen molar-refractivity contribution in [1.29, 1.82) is 16.2 Å². The van der Waals surface area contributed by atoms with Crippen LogP contribution in [0.25, 0.3) is 0 Å². The van der Waals surface area contributed by atoms with E-state index in [9.17, 15) is 0 Å². The first-order chi connectivity index (χ1) is 13.3. The van der Waals surface area contributed by atoms with Crippen LogP contribution in [-0.2, 0) is 9.47 Å². The van der Waals surface area contributed by atoms with Crippen LogP contribution in [-0.4, -0.2) is 70.8 Å². The maximum atomic E-state index is 7.17. The predicted molar refractivity (Wildman–Crippen MR) is 121 cm³/mol. The number of aliphatic imine (C=N–C) groups is 1. The highest BCUT2D eigenvalue weighted by atomic mass is 16.5. The normalized spacial score (nSPS) is 9.36. The second kappa shape index (κ2) is 29.7. The van der Waals surface area contributed by atoms with Crippen LogP contribution < -0.4 is 22.5 Å². The van der Waals surface area contributed by atoms with Gasteiger partial charge in [-0.05, 0) is 46.4 Å². The minimum atomic E-state index is 0.0434. The van der Waals surface area contributed by atoms with Gasteiger partial charge in [-0.15, -0.1) is 0 Å². The summed E-state index contributed by atoms with van der Waals surface area (Å²) in [6, 6.07) is 0. The van der Waals surface area contributed by atoms with E-state index in [1.165, 1.54) is 14.2 Å². The number of rotatable bonds is 10. The zero-order valence-electron chi connectivity index (χ0n) is 18.7. The fourth-order valence-corrected chi connectivity index (χ4v) is 1.21. The molecule has 0 fully saturated rings. The molecule has 0 bridgehead atoms. The van der Waals surface area contributed by atoms with Crippen molar-refractivity contribution >= 4 is 23.3 Å². The van der Waals surface area contributed by atoms with E-state index < -0.39 is 0 Å². The third-order valence-corrected chi connectivity index (χ3v) is 2.57. The molecule has 0 saturated carbocycles. The highest BCUT2D eigenvalue weighted by Crippen LogP contribution is 1.87. The lowest BCUT2D eigenvalue weighted by Gasteiger charge is -2.01. The lowest BCUT2D eigenvalue weighted by atomic mass is 10.3. The second-order valence-corrected chi connectivity index (χ2v) is 5.15. The molecule has 0 aromatic carbocycles. The molecule has 0 spiro atoms. The second-order valence-electron chi connectivity index (χ2n) is 5.15. The molecule has 0 unspecified atom stereocenters. The monoisotopic (exact) mass is 404 g/mol. The molecule has 0 heterocycles. The molecule has 0 amide bonds. The quantitative estimate of drug-likeness (QED) is 0.163. The first-order valence-corrected chi connectivity index (χ1v) is 9.39. The van der Waals surface area contributed by atoms with Crippen LogP contribution in [0, 0.1) is 16.2 Å². The first kappa shape index (κ1) is 33.5. The Balaban J connectivity index is -0.000000159. The Morgan fingerprint density at radius 1 is 0.929 bits per heavy atom. The molecular formula is C18H44N8O2. The van der Waals surface area contributed by atoms with E-state index in [-0.39, 0.29) is 18.2 Å². The van der Waals surface area contributed by atoms with Gasteiger partial charge in [0.05, 0.1) is 26.5 Å². The van der Waals surface area contributed by atoms with Crippen molar-refractivity contribution in [2.75, 3.05) is 47.4 Å². The Bertz CT molecular complexity index is 385. The molecule has 0 aliphatic heterocycles. The minimum absolute atomic E-state index is 0.0434. The molecule has 10 heteroatoms. The predicted octanol–water partition coefficient (Wildman–Crippen LogP) is 1.33. The van der Waals surface area contributed by atoms with E-state index in [4.69, 9.17) is 33.4 Å². The molecule has 0 aliphatic rings. The maximum absolute atomic E-state index is 7.17. The van der Waals surface area contributed by atoms with Gasteiger partial charge in [0, 0.05) is 18.7 Å². The van der Waals surface area contributed by atoms with Crippen molar-refractivity contribution in [3.8, 4) is 0 Å². The van der Waals surface area contributed by atoms with Gasteiger partial charge in [-0.2, -0.15) is 0 Å². The highest BCUT2D eigenvalue weighted by Gasteiger charge is 1.99. The number of nitrogens with zero attached hydrogens (tertiary/aromatic N) is 1. The summed E-state index contributed by atoms with van der Waals surface area (Å²) in [6.07, 6.45) is 2.57. The molecule has 0 rings (SSSR count). The Kier molecular flexibility index (Phi) is 35.6. The summed E-state index contributed by atoms with van der Waals surface area (Å²) < 4.78 is 8.97. The number of hydrogen-bond acceptors (Lipinski definition) is 9. The van der Waals surface area contributed by atoms with Gasteiger partial charge in [-0.1, -0.05) is 13.8 Å². The van der Waals surface area contributed by atoms with Crippen LogP contribution in [0.1, 0.15) is 46.5 Å². The van der Waals surface area contributed by atoms with Gasteiger partial charge in [0.25, 0.3) is 0 Å². The zero-order chi connectivity index (χ0) is 22.8. The van der Waals surface area contributed by atoms with E-state index in [0.29, 0.717) is 18.0 Å². The Labute approximate surface area is 171 Å². The average Bonchev–Trinajstić information content (AvgIpc) is 2.67. The maximum Gasteiger partial charge on any atom is 0.189 e.